The third kappa shape index (κ3) is 2.41. The van der Waals surface area contributed by atoms with Crippen LogP contribution in [0, 0.1) is 0 Å². The van der Waals surface area contributed by atoms with E-state index >= 15 is 0 Å². The van der Waals surface area contributed by atoms with E-state index in [4.69, 9.17) is 4.74 Å². The lowest BCUT2D eigenvalue weighted by molar-refractivity contribution is 0.0924. The summed E-state index contributed by atoms with van der Waals surface area (Å²) in [6.07, 6.45) is -0.0665. The van der Waals surface area contributed by atoms with Crippen LogP contribution in [0.2, 0.25) is 0 Å². The summed E-state index contributed by atoms with van der Waals surface area (Å²) in [7, 11) is 0. The van der Waals surface area contributed by atoms with Crippen LogP contribution in [0.3, 0.4) is 0 Å². The number of carbonyl (C=O) groups excluding carboxylic acids is 2. The lowest BCUT2D eigenvalue weighted by Crippen LogP contribution is -2.30. The number of fused-ring (bicyclic) bond motifs is 1. The van der Waals surface area contributed by atoms with Gasteiger partial charge in [-0.25, -0.2) is 4.90 Å². The zero-order chi connectivity index (χ0) is 15.9. The molecule has 112 valence electrons. The molecule has 0 unspecified atom stereocenters. The van der Waals surface area contributed by atoms with Gasteiger partial charge in [0.2, 0.25) is 0 Å². The first-order valence-corrected chi connectivity index (χ1v) is 7.72. The molecule has 0 bridgehead atoms. The molecule has 0 N–H and O–H groups in total. The van der Waals surface area contributed by atoms with Crippen LogP contribution in [0.1, 0.15) is 34.6 Å². The Kier molecular flexibility index (Phi) is 3.74. The van der Waals surface area contributed by atoms with E-state index in [-0.39, 0.29) is 17.9 Å². The number of hydrogen-bond donors (Lipinski definition) is 0. The Morgan fingerprint density at radius 3 is 2.14 bits per heavy atom. The molecule has 0 saturated heterocycles. The molecule has 2 amide bonds. The van der Waals surface area contributed by atoms with E-state index in [9.17, 15) is 9.59 Å². The molecule has 0 aliphatic carbocycles. The molecule has 0 spiro atoms. The van der Waals surface area contributed by atoms with Crippen LogP contribution in [0.5, 0.6) is 5.75 Å². The van der Waals surface area contributed by atoms with Gasteiger partial charge in [-0.15, -0.1) is 0 Å². The smallest absolute Gasteiger partial charge is 0.266 e. The van der Waals surface area contributed by atoms with Gasteiger partial charge in [0.25, 0.3) is 11.8 Å². The highest BCUT2D eigenvalue weighted by molar-refractivity contribution is 9.10. The van der Waals surface area contributed by atoms with Gasteiger partial charge in [0.15, 0.2) is 0 Å². The number of ether oxygens (including phenoxy) is 1. The van der Waals surface area contributed by atoms with Gasteiger partial charge in [-0.3, -0.25) is 9.59 Å². The first kappa shape index (κ1) is 14.8. The largest absolute Gasteiger partial charge is 0.489 e. The van der Waals surface area contributed by atoms with Crippen molar-refractivity contribution >= 4 is 33.4 Å². The summed E-state index contributed by atoms with van der Waals surface area (Å²) in [6, 6.07) is 12.1. The van der Waals surface area contributed by atoms with Gasteiger partial charge < -0.3 is 4.74 Å². The zero-order valence-corrected chi connectivity index (χ0v) is 13.8. The maximum absolute atomic E-state index is 12.6. The minimum Gasteiger partial charge on any atom is -0.489 e. The Balaban J connectivity index is 2.10. The fraction of sp³-hybridized carbons (Fsp3) is 0.176. The number of halogens is 1. The number of hydrogen-bond acceptors (Lipinski definition) is 3. The predicted octanol–water partition coefficient (Wildman–Crippen LogP) is 4.04. The monoisotopic (exact) mass is 359 g/mol. The van der Waals surface area contributed by atoms with Gasteiger partial charge in [0, 0.05) is 4.47 Å². The lowest BCUT2D eigenvalue weighted by Gasteiger charge is -2.20. The normalized spacial score (nSPS) is 13.7. The van der Waals surface area contributed by atoms with Crippen molar-refractivity contribution in [1.82, 2.24) is 0 Å². The second-order valence-corrected chi connectivity index (χ2v) is 6.19. The molecule has 3 rings (SSSR count). The van der Waals surface area contributed by atoms with Crippen molar-refractivity contribution in [3.63, 3.8) is 0 Å². The summed E-state index contributed by atoms with van der Waals surface area (Å²) in [5.74, 6) is -0.146. The number of imide groups is 1. The van der Waals surface area contributed by atoms with Crippen molar-refractivity contribution in [2.75, 3.05) is 4.90 Å². The summed E-state index contributed by atoms with van der Waals surface area (Å²) in [5, 5.41) is 0. The third-order valence-corrected chi connectivity index (χ3v) is 3.81. The highest BCUT2D eigenvalue weighted by Gasteiger charge is 2.37. The summed E-state index contributed by atoms with van der Waals surface area (Å²) in [5.41, 5.74) is 1.31. The first-order chi connectivity index (χ1) is 10.5. The van der Waals surface area contributed by atoms with Gasteiger partial charge in [0.1, 0.15) is 5.75 Å². The van der Waals surface area contributed by atoms with E-state index in [1.165, 1.54) is 4.90 Å². The lowest BCUT2D eigenvalue weighted by atomic mass is 10.1. The van der Waals surface area contributed by atoms with Crippen LogP contribution < -0.4 is 9.64 Å². The van der Waals surface area contributed by atoms with E-state index in [0.717, 1.165) is 4.47 Å². The fourth-order valence-corrected chi connectivity index (χ4v) is 2.77. The van der Waals surface area contributed by atoms with Crippen molar-refractivity contribution in [3.8, 4) is 5.75 Å². The molecule has 5 heteroatoms. The first-order valence-electron chi connectivity index (χ1n) is 6.93. The van der Waals surface area contributed by atoms with Crippen LogP contribution in [-0.2, 0) is 0 Å². The maximum Gasteiger partial charge on any atom is 0.266 e. The summed E-state index contributed by atoms with van der Waals surface area (Å²) >= 11 is 3.38. The van der Waals surface area contributed by atoms with E-state index in [0.29, 0.717) is 22.6 Å². The predicted molar refractivity (Wildman–Crippen MR) is 87.5 cm³/mol. The van der Waals surface area contributed by atoms with Gasteiger partial charge in [-0.05, 0) is 44.2 Å². The molecule has 2 aromatic rings. The second-order valence-electron chi connectivity index (χ2n) is 5.27. The van der Waals surface area contributed by atoms with Crippen molar-refractivity contribution in [2.24, 2.45) is 0 Å². The Morgan fingerprint density at radius 1 is 1.00 bits per heavy atom. The van der Waals surface area contributed by atoms with Crippen LogP contribution in [0.15, 0.2) is 46.9 Å². The number of benzene rings is 2. The molecule has 0 saturated carbocycles. The fourth-order valence-electron chi connectivity index (χ4n) is 2.43. The zero-order valence-electron chi connectivity index (χ0n) is 12.2. The second kappa shape index (κ2) is 5.57. The van der Waals surface area contributed by atoms with Crippen LogP contribution >= 0.6 is 15.9 Å². The average Bonchev–Trinajstić information content (AvgIpc) is 2.72. The minimum atomic E-state index is -0.323. The van der Waals surface area contributed by atoms with Crippen LogP contribution in [0.4, 0.5) is 5.69 Å². The molecular weight excluding hydrogens is 346 g/mol. The molecule has 2 aromatic carbocycles. The van der Waals surface area contributed by atoms with E-state index in [1.54, 1.807) is 42.5 Å². The molecule has 1 heterocycles. The molecule has 22 heavy (non-hydrogen) atoms. The number of carbonyl (C=O) groups is 2. The molecule has 0 fully saturated rings. The van der Waals surface area contributed by atoms with Crippen molar-refractivity contribution in [2.45, 2.75) is 20.0 Å². The van der Waals surface area contributed by atoms with Crippen molar-refractivity contribution < 1.29 is 14.3 Å². The molecular formula is C17H14BrNO3. The SMILES string of the molecule is CC(C)Oc1cc(Br)ccc1N1C(=O)c2ccccc2C1=O. The highest BCUT2D eigenvalue weighted by atomic mass is 79.9. The average molecular weight is 360 g/mol. The molecule has 0 aromatic heterocycles. The van der Waals surface area contributed by atoms with Crippen molar-refractivity contribution in [1.29, 1.82) is 0 Å². The number of rotatable bonds is 3. The summed E-state index contributed by atoms with van der Waals surface area (Å²) in [4.78, 5) is 26.3. The van der Waals surface area contributed by atoms with Gasteiger partial charge in [0.05, 0.1) is 22.9 Å². The number of anilines is 1. The Labute approximate surface area is 136 Å². The number of nitrogens with zero attached hydrogens (tertiary/aromatic N) is 1. The minimum absolute atomic E-state index is 0.0665. The molecule has 1 aliphatic rings. The molecule has 0 atom stereocenters. The van der Waals surface area contributed by atoms with E-state index in [2.05, 4.69) is 15.9 Å². The maximum atomic E-state index is 12.6. The van der Waals surface area contributed by atoms with Gasteiger partial charge in [-0.1, -0.05) is 28.1 Å². The molecule has 1 aliphatic heterocycles. The Hall–Kier alpha value is -2.14. The Bertz CT molecular complexity index is 735. The Morgan fingerprint density at radius 2 is 1.59 bits per heavy atom. The number of amides is 2. The van der Waals surface area contributed by atoms with Crippen molar-refractivity contribution in [3.05, 3.63) is 58.1 Å². The summed E-state index contributed by atoms with van der Waals surface area (Å²) < 4.78 is 6.58. The van der Waals surface area contributed by atoms with Crippen LogP contribution in [-0.4, -0.2) is 17.9 Å². The molecule has 4 nitrogen and oxygen atoms in total. The van der Waals surface area contributed by atoms with Crippen LogP contribution in [0.25, 0.3) is 0 Å². The highest BCUT2D eigenvalue weighted by Crippen LogP contribution is 2.37. The standard InChI is InChI=1S/C17H14BrNO3/c1-10(2)22-15-9-11(18)7-8-14(15)19-16(20)12-5-3-4-6-13(12)17(19)21/h3-10H,1-2H3. The summed E-state index contributed by atoms with van der Waals surface area (Å²) in [6.45, 7) is 3.79. The third-order valence-electron chi connectivity index (χ3n) is 3.32. The molecule has 0 radical (unpaired) electrons. The van der Waals surface area contributed by atoms with E-state index < -0.39 is 0 Å². The van der Waals surface area contributed by atoms with Gasteiger partial charge in [-0.2, -0.15) is 0 Å². The van der Waals surface area contributed by atoms with Gasteiger partial charge >= 0.3 is 0 Å². The quantitative estimate of drug-likeness (QED) is 0.777. The van der Waals surface area contributed by atoms with E-state index in [1.807, 2.05) is 13.8 Å². The topological polar surface area (TPSA) is 46.6 Å².